The molecule has 1 heterocycles. The summed E-state index contributed by atoms with van der Waals surface area (Å²) in [6, 6.07) is 8.37. The zero-order valence-corrected chi connectivity index (χ0v) is 10.0. The van der Waals surface area contributed by atoms with Crippen molar-refractivity contribution in [2.24, 2.45) is 5.41 Å². The van der Waals surface area contributed by atoms with Crippen LogP contribution in [0.3, 0.4) is 0 Å². The molecule has 0 radical (unpaired) electrons. The van der Waals surface area contributed by atoms with Crippen molar-refractivity contribution in [2.75, 3.05) is 13.2 Å². The van der Waals surface area contributed by atoms with Crippen LogP contribution in [0.15, 0.2) is 18.2 Å². The highest BCUT2D eigenvalue weighted by molar-refractivity contribution is 6.31. The molecule has 0 amide bonds. The molecule has 1 aromatic rings. The second-order valence-corrected chi connectivity index (χ2v) is 4.87. The Balaban J connectivity index is 2.23. The van der Waals surface area contributed by atoms with Gasteiger partial charge in [-0.2, -0.15) is 5.26 Å². The van der Waals surface area contributed by atoms with E-state index in [4.69, 9.17) is 16.3 Å². The largest absolute Gasteiger partial charge is 0.380 e. The fraction of sp³-hybridized carbons (Fsp3) is 0.462. The smallest absolute Gasteiger partial charge is 0.0869 e. The summed E-state index contributed by atoms with van der Waals surface area (Å²) < 4.78 is 5.32. The Morgan fingerprint density at radius 3 is 2.94 bits per heavy atom. The van der Waals surface area contributed by atoms with Crippen LogP contribution >= 0.6 is 11.6 Å². The molecule has 1 unspecified atom stereocenters. The number of nitriles is 1. The predicted octanol–water partition coefficient (Wildman–Crippen LogP) is 3.12. The summed E-state index contributed by atoms with van der Waals surface area (Å²) in [4.78, 5) is 0. The van der Waals surface area contributed by atoms with Gasteiger partial charge in [0, 0.05) is 11.6 Å². The summed E-state index contributed by atoms with van der Waals surface area (Å²) in [6.45, 7) is 3.21. The molecule has 1 atom stereocenters. The summed E-state index contributed by atoms with van der Waals surface area (Å²) in [5, 5.41) is 10.0. The molecule has 2 nitrogen and oxygen atoms in total. The molecule has 1 saturated heterocycles. The summed E-state index contributed by atoms with van der Waals surface area (Å²) in [5.41, 5.74) is 1.81. The van der Waals surface area contributed by atoms with E-state index in [1.54, 1.807) is 0 Å². The fourth-order valence-electron chi connectivity index (χ4n) is 2.03. The van der Waals surface area contributed by atoms with E-state index in [0.29, 0.717) is 19.6 Å². The Kier molecular flexibility index (Phi) is 3.18. The summed E-state index contributed by atoms with van der Waals surface area (Å²) in [7, 11) is 0. The molecule has 0 spiro atoms. The first-order valence-corrected chi connectivity index (χ1v) is 5.77. The second kappa shape index (κ2) is 4.45. The number of hydrogen-bond donors (Lipinski definition) is 0. The second-order valence-electron chi connectivity index (χ2n) is 4.47. The van der Waals surface area contributed by atoms with Crippen LogP contribution < -0.4 is 0 Å². The highest BCUT2D eigenvalue weighted by atomic mass is 35.5. The van der Waals surface area contributed by atoms with E-state index in [1.165, 1.54) is 0 Å². The minimum Gasteiger partial charge on any atom is -0.380 e. The standard InChI is InChI=1S/C13H14ClNO/c1-10-2-3-11(12(14)6-10)7-13(8-15)4-5-16-9-13/h2-3,6H,4-5,7,9H2,1H3. The number of benzene rings is 1. The third-order valence-electron chi connectivity index (χ3n) is 3.08. The highest BCUT2D eigenvalue weighted by Gasteiger charge is 2.35. The van der Waals surface area contributed by atoms with Crippen LogP contribution in [0.4, 0.5) is 0 Å². The molecule has 84 valence electrons. The van der Waals surface area contributed by atoms with Gasteiger partial charge in [-0.1, -0.05) is 23.7 Å². The molecule has 1 fully saturated rings. The normalized spacial score (nSPS) is 24.3. The van der Waals surface area contributed by atoms with E-state index >= 15 is 0 Å². The minimum absolute atomic E-state index is 0.376. The average molecular weight is 236 g/mol. The van der Waals surface area contributed by atoms with Gasteiger partial charge in [0.1, 0.15) is 0 Å². The van der Waals surface area contributed by atoms with E-state index in [-0.39, 0.29) is 5.41 Å². The molecule has 2 rings (SSSR count). The van der Waals surface area contributed by atoms with Gasteiger partial charge in [0.25, 0.3) is 0 Å². The molecule has 16 heavy (non-hydrogen) atoms. The van der Waals surface area contributed by atoms with E-state index in [9.17, 15) is 5.26 Å². The monoisotopic (exact) mass is 235 g/mol. The van der Waals surface area contributed by atoms with Crippen LogP contribution in [-0.4, -0.2) is 13.2 Å². The SMILES string of the molecule is Cc1ccc(CC2(C#N)CCOC2)c(Cl)c1. The van der Waals surface area contributed by atoms with Crippen LogP contribution in [0.1, 0.15) is 17.5 Å². The van der Waals surface area contributed by atoms with Gasteiger partial charge < -0.3 is 4.74 Å². The van der Waals surface area contributed by atoms with Gasteiger partial charge in [0.05, 0.1) is 18.1 Å². The zero-order valence-electron chi connectivity index (χ0n) is 9.29. The maximum absolute atomic E-state index is 9.25. The van der Waals surface area contributed by atoms with Gasteiger partial charge in [-0.15, -0.1) is 0 Å². The molecule has 0 aromatic heterocycles. The summed E-state index contributed by atoms with van der Waals surface area (Å²) in [5.74, 6) is 0. The lowest BCUT2D eigenvalue weighted by Gasteiger charge is -2.19. The maximum Gasteiger partial charge on any atom is 0.0869 e. The van der Waals surface area contributed by atoms with Crippen molar-refractivity contribution in [2.45, 2.75) is 19.8 Å². The summed E-state index contributed by atoms with van der Waals surface area (Å²) >= 11 is 6.18. The molecule has 1 aliphatic rings. The van der Waals surface area contributed by atoms with Crippen molar-refractivity contribution in [3.05, 3.63) is 34.3 Å². The molecule has 3 heteroatoms. The van der Waals surface area contributed by atoms with Gasteiger partial charge in [0.15, 0.2) is 0 Å². The van der Waals surface area contributed by atoms with E-state index in [2.05, 4.69) is 6.07 Å². The molecule has 0 saturated carbocycles. The van der Waals surface area contributed by atoms with Crippen molar-refractivity contribution in [1.82, 2.24) is 0 Å². The topological polar surface area (TPSA) is 33.0 Å². The van der Waals surface area contributed by atoms with Crippen molar-refractivity contribution < 1.29 is 4.74 Å². The van der Waals surface area contributed by atoms with Crippen LogP contribution in [0, 0.1) is 23.7 Å². The van der Waals surface area contributed by atoms with Crippen molar-refractivity contribution in [1.29, 1.82) is 5.26 Å². The molecule has 1 aromatic carbocycles. The van der Waals surface area contributed by atoms with Gasteiger partial charge in [-0.05, 0) is 37.0 Å². The number of rotatable bonds is 2. The van der Waals surface area contributed by atoms with Crippen LogP contribution in [0.5, 0.6) is 0 Å². The number of aryl methyl sites for hydroxylation is 1. The van der Waals surface area contributed by atoms with E-state index in [0.717, 1.165) is 22.6 Å². The number of hydrogen-bond acceptors (Lipinski definition) is 2. The highest BCUT2D eigenvalue weighted by Crippen LogP contribution is 2.34. The van der Waals surface area contributed by atoms with Crippen LogP contribution in [-0.2, 0) is 11.2 Å². The Bertz CT molecular complexity index is 430. The van der Waals surface area contributed by atoms with Gasteiger partial charge in [0.2, 0.25) is 0 Å². The Labute approximate surface area is 101 Å². The van der Waals surface area contributed by atoms with Crippen LogP contribution in [0.25, 0.3) is 0 Å². The van der Waals surface area contributed by atoms with Gasteiger partial charge in [-0.25, -0.2) is 0 Å². The number of nitrogens with zero attached hydrogens (tertiary/aromatic N) is 1. The lowest BCUT2D eigenvalue weighted by molar-refractivity contribution is 0.171. The van der Waals surface area contributed by atoms with Gasteiger partial charge >= 0.3 is 0 Å². The third kappa shape index (κ3) is 2.21. The first kappa shape index (κ1) is 11.4. The zero-order chi connectivity index (χ0) is 11.6. The molecule has 1 aliphatic heterocycles. The minimum atomic E-state index is -0.376. The molecule has 0 N–H and O–H groups in total. The molecule has 0 aliphatic carbocycles. The number of halogens is 1. The fourth-order valence-corrected chi connectivity index (χ4v) is 2.34. The Morgan fingerprint density at radius 1 is 1.56 bits per heavy atom. The quantitative estimate of drug-likeness (QED) is 0.789. The third-order valence-corrected chi connectivity index (χ3v) is 3.43. The lowest BCUT2D eigenvalue weighted by Crippen LogP contribution is -2.21. The van der Waals surface area contributed by atoms with E-state index < -0.39 is 0 Å². The molecule has 0 bridgehead atoms. The average Bonchev–Trinajstić information content (AvgIpc) is 2.72. The number of ether oxygens (including phenoxy) is 1. The molecular formula is C13H14ClNO. The van der Waals surface area contributed by atoms with Gasteiger partial charge in [-0.3, -0.25) is 0 Å². The Hall–Kier alpha value is -1.04. The lowest BCUT2D eigenvalue weighted by atomic mass is 9.82. The van der Waals surface area contributed by atoms with Crippen molar-refractivity contribution in [3.8, 4) is 6.07 Å². The molecular weight excluding hydrogens is 222 g/mol. The van der Waals surface area contributed by atoms with Crippen LogP contribution in [0.2, 0.25) is 5.02 Å². The van der Waals surface area contributed by atoms with E-state index in [1.807, 2.05) is 25.1 Å². The summed E-state index contributed by atoms with van der Waals surface area (Å²) in [6.07, 6.45) is 1.48. The van der Waals surface area contributed by atoms with Crippen molar-refractivity contribution >= 4 is 11.6 Å². The maximum atomic E-state index is 9.25. The Morgan fingerprint density at radius 2 is 2.38 bits per heavy atom. The predicted molar refractivity (Wildman–Crippen MR) is 63.4 cm³/mol. The van der Waals surface area contributed by atoms with Crippen molar-refractivity contribution in [3.63, 3.8) is 0 Å². The first-order valence-electron chi connectivity index (χ1n) is 5.39. The first-order chi connectivity index (χ1) is 7.65.